The summed E-state index contributed by atoms with van der Waals surface area (Å²) in [6.45, 7) is 8.39. The molecule has 1 aliphatic carbocycles. The van der Waals surface area contributed by atoms with Crippen molar-refractivity contribution >= 4 is 23.5 Å². The molecule has 2 amide bonds. The molecule has 2 atom stereocenters. The van der Waals surface area contributed by atoms with Crippen LogP contribution < -0.4 is 10.9 Å². The molecule has 1 saturated carbocycles. The summed E-state index contributed by atoms with van der Waals surface area (Å²) in [5.74, 6) is -1.05. The Bertz CT molecular complexity index is 1150. The number of aromatic hydroxyl groups is 1. The van der Waals surface area contributed by atoms with Gasteiger partial charge in [0.15, 0.2) is 5.56 Å². The largest absolute Gasteiger partial charge is 0.492 e. The van der Waals surface area contributed by atoms with Crippen LogP contribution in [0.25, 0.3) is 11.7 Å². The van der Waals surface area contributed by atoms with Crippen LogP contribution in [0, 0.1) is 5.92 Å². The van der Waals surface area contributed by atoms with Crippen LogP contribution in [0.15, 0.2) is 17.1 Å². The molecular formula is C24H33N5O4. The van der Waals surface area contributed by atoms with Crippen molar-refractivity contribution in [2.24, 2.45) is 5.92 Å². The predicted octanol–water partition coefficient (Wildman–Crippen LogP) is 2.55. The van der Waals surface area contributed by atoms with Gasteiger partial charge in [-0.15, -0.1) is 0 Å². The Hall–Kier alpha value is -3.10. The standard InChI is InChI=1S/C24H33N5O4/c1-14(2)13-27-22-17(8-11-19(30)28-15(3)6-5-7-16(28)4)12-25-29(22)24(33)20(23(27)32)21(31)26-18-9-10-18/h8,11-12,14-16,18,33H,5-7,9-10,13H2,1-4H3,(H,26,31)/b11-8+/t15-,16+. The third kappa shape index (κ3) is 4.54. The van der Waals surface area contributed by atoms with Crippen LogP contribution >= 0.6 is 0 Å². The number of aromatic nitrogens is 3. The normalized spacial score (nSPS) is 21.3. The van der Waals surface area contributed by atoms with Gasteiger partial charge in [-0.3, -0.25) is 19.0 Å². The van der Waals surface area contributed by atoms with Gasteiger partial charge in [-0.25, -0.2) is 0 Å². The van der Waals surface area contributed by atoms with Crippen molar-refractivity contribution in [3.63, 3.8) is 0 Å². The summed E-state index contributed by atoms with van der Waals surface area (Å²) in [5.41, 5.74) is 0.0214. The van der Waals surface area contributed by atoms with E-state index in [4.69, 9.17) is 0 Å². The summed E-state index contributed by atoms with van der Waals surface area (Å²) in [7, 11) is 0. The molecule has 2 aliphatic rings. The molecule has 4 rings (SSSR count). The van der Waals surface area contributed by atoms with Gasteiger partial charge >= 0.3 is 0 Å². The lowest BCUT2D eigenvalue weighted by molar-refractivity contribution is -0.131. The van der Waals surface area contributed by atoms with Gasteiger partial charge in [0.25, 0.3) is 11.5 Å². The molecule has 1 saturated heterocycles. The highest BCUT2D eigenvalue weighted by atomic mass is 16.3. The lowest BCUT2D eigenvalue weighted by atomic mass is 9.97. The fraction of sp³-hybridized carbons (Fsp3) is 0.583. The summed E-state index contributed by atoms with van der Waals surface area (Å²) in [6.07, 6.45) is 9.45. The zero-order valence-corrected chi connectivity index (χ0v) is 19.7. The van der Waals surface area contributed by atoms with Gasteiger partial charge in [-0.1, -0.05) is 13.8 Å². The van der Waals surface area contributed by atoms with Crippen molar-refractivity contribution in [2.45, 2.75) is 84.5 Å². The highest BCUT2D eigenvalue weighted by Crippen LogP contribution is 2.25. The maximum Gasteiger partial charge on any atom is 0.270 e. The molecular weight excluding hydrogens is 422 g/mol. The van der Waals surface area contributed by atoms with E-state index in [1.165, 1.54) is 21.4 Å². The summed E-state index contributed by atoms with van der Waals surface area (Å²) in [5, 5.41) is 17.8. The number of hydrogen-bond donors (Lipinski definition) is 2. The van der Waals surface area contributed by atoms with E-state index in [1.54, 1.807) is 6.08 Å². The number of nitrogens with one attached hydrogen (secondary N) is 1. The molecule has 0 unspecified atom stereocenters. The number of amides is 2. The minimum Gasteiger partial charge on any atom is -0.492 e. The second-order valence-corrected chi connectivity index (χ2v) is 9.80. The van der Waals surface area contributed by atoms with E-state index in [1.807, 2.05) is 18.7 Å². The van der Waals surface area contributed by atoms with Gasteiger partial charge in [0.2, 0.25) is 11.8 Å². The maximum atomic E-state index is 13.3. The summed E-state index contributed by atoms with van der Waals surface area (Å²) in [6, 6.07) is 0.392. The molecule has 9 nitrogen and oxygen atoms in total. The Morgan fingerprint density at radius 1 is 1.21 bits per heavy atom. The molecule has 0 radical (unpaired) electrons. The molecule has 1 aliphatic heterocycles. The lowest BCUT2D eigenvalue weighted by Crippen LogP contribution is -2.46. The van der Waals surface area contributed by atoms with E-state index in [2.05, 4.69) is 24.3 Å². The van der Waals surface area contributed by atoms with Crippen LogP contribution in [-0.2, 0) is 11.3 Å². The second kappa shape index (κ2) is 9.03. The molecule has 9 heteroatoms. The Labute approximate surface area is 193 Å². The summed E-state index contributed by atoms with van der Waals surface area (Å²) in [4.78, 5) is 40.8. The fourth-order valence-electron chi connectivity index (χ4n) is 4.65. The van der Waals surface area contributed by atoms with Gasteiger partial charge in [0.1, 0.15) is 5.65 Å². The van der Waals surface area contributed by atoms with E-state index in [-0.39, 0.29) is 35.5 Å². The Balaban J connectivity index is 1.75. The van der Waals surface area contributed by atoms with Crippen LogP contribution in [0.4, 0.5) is 0 Å². The minimum atomic E-state index is -0.588. The predicted molar refractivity (Wildman–Crippen MR) is 125 cm³/mol. The number of piperidine rings is 1. The molecule has 33 heavy (non-hydrogen) atoms. The van der Waals surface area contributed by atoms with E-state index in [0.717, 1.165) is 32.1 Å². The smallest absolute Gasteiger partial charge is 0.270 e. The van der Waals surface area contributed by atoms with E-state index in [9.17, 15) is 19.5 Å². The molecule has 2 fully saturated rings. The number of likely N-dealkylation sites (tertiary alicyclic amines) is 1. The van der Waals surface area contributed by atoms with Gasteiger partial charge < -0.3 is 15.3 Å². The lowest BCUT2D eigenvalue weighted by Gasteiger charge is -2.38. The number of rotatable bonds is 6. The van der Waals surface area contributed by atoms with Crippen LogP contribution in [0.2, 0.25) is 0 Å². The van der Waals surface area contributed by atoms with Crippen molar-refractivity contribution in [1.29, 1.82) is 0 Å². The van der Waals surface area contributed by atoms with E-state index < -0.39 is 17.3 Å². The van der Waals surface area contributed by atoms with E-state index >= 15 is 0 Å². The van der Waals surface area contributed by atoms with Crippen molar-refractivity contribution < 1.29 is 14.7 Å². The molecule has 3 heterocycles. The van der Waals surface area contributed by atoms with Gasteiger partial charge in [-0.2, -0.15) is 9.61 Å². The zero-order valence-electron chi connectivity index (χ0n) is 19.7. The highest BCUT2D eigenvalue weighted by molar-refractivity contribution is 5.97. The molecule has 2 aromatic rings. The van der Waals surface area contributed by atoms with Crippen molar-refractivity contribution in [2.75, 3.05) is 0 Å². The first-order valence-electron chi connectivity index (χ1n) is 11.8. The molecule has 0 bridgehead atoms. The number of carbonyl (C=O) groups excluding carboxylic acids is 2. The third-order valence-electron chi connectivity index (χ3n) is 6.45. The van der Waals surface area contributed by atoms with Crippen LogP contribution in [0.3, 0.4) is 0 Å². The molecule has 0 spiro atoms. The number of carbonyl (C=O) groups is 2. The van der Waals surface area contributed by atoms with Crippen LogP contribution in [0.5, 0.6) is 5.88 Å². The number of hydrogen-bond acceptors (Lipinski definition) is 5. The van der Waals surface area contributed by atoms with Crippen molar-refractivity contribution in [3.8, 4) is 5.88 Å². The average Bonchev–Trinajstić information content (AvgIpc) is 3.44. The van der Waals surface area contributed by atoms with Crippen molar-refractivity contribution in [1.82, 2.24) is 24.4 Å². The van der Waals surface area contributed by atoms with Crippen LogP contribution in [0.1, 0.15) is 75.7 Å². The van der Waals surface area contributed by atoms with Gasteiger partial charge in [0.05, 0.1) is 6.20 Å². The van der Waals surface area contributed by atoms with E-state index in [0.29, 0.717) is 17.8 Å². The fourth-order valence-corrected chi connectivity index (χ4v) is 4.65. The first-order valence-corrected chi connectivity index (χ1v) is 11.8. The second-order valence-electron chi connectivity index (χ2n) is 9.80. The first kappa shape index (κ1) is 23.1. The third-order valence-corrected chi connectivity index (χ3v) is 6.45. The van der Waals surface area contributed by atoms with Crippen LogP contribution in [-0.4, -0.2) is 54.1 Å². The minimum absolute atomic E-state index is 0.0484. The number of nitrogens with zero attached hydrogens (tertiary/aromatic N) is 4. The number of fused-ring (bicyclic) bond motifs is 1. The summed E-state index contributed by atoms with van der Waals surface area (Å²) >= 11 is 0. The van der Waals surface area contributed by atoms with Gasteiger partial charge in [0, 0.05) is 36.3 Å². The van der Waals surface area contributed by atoms with Crippen molar-refractivity contribution in [3.05, 3.63) is 33.8 Å². The molecule has 2 aromatic heterocycles. The Morgan fingerprint density at radius 2 is 1.88 bits per heavy atom. The highest BCUT2D eigenvalue weighted by Gasteiger charge is 2.30. The molecule has 0 aromatic carbocycles. The quantitative estimate of drug-likeness (QED) is 0.651. The Morgan fingerprint density at radius 3 is 2.48 bits per heavy atom. The topological polar surface area (TPSA) is 109 Å². The average molecular weight is 456 g/mol. The molecule has 2 N–H and O–H groups in total. The molecule has 178 valence electrons. The Kier molecular flexibility index (Phi) is 6.32. The maximum absolute atomic E-state index is 13.3. The SMILES string of the molecule is CC(C)Cn1c(=O)c(C(=O)NC2CC2)c(O)n2ncc(/C=C/C(=O)N3[C@H](C)CCC[C@@H]3C)c12. The first-order chi connectivity index (χ1) is 15.7. The zero-order chi connectivity index (χ0) is 23.9. The monoisotopic (exact) mass is 455 g/mol. The summed E-state index contributed by atoms with van der Waals surface area (Å²) < 4.78 is 2.68. The van der Waals surface area contributed by atoms with Gasteiger partial charge in [-0.05, 0) is 57.9 Å².